The summed E-state index contributed by atoms with van der Waals surface area (Å²) in [4.78, 5) is 20.7. The average Bonchev–Trinajstić information content (AvgIpc) is 3.10. The number of carbonyl (C=O) groups excluding carboxylic acids is 1. The Kier molecular flexibility index (Phi) is 5.83. The molecule has 2 saturated heterocycles. The number of ether oxygens (including phenoxy) is 1. The van der Waals surface area contributed by atoms with Gasteiger partial charge >= 0.3 is 6.03 Å². The molecule has 0 radical (unpaired) electrons. The van der Waals surface area contributed by atoms with E-state index in [1.54, 1.807) is 4.68 Å². The highest BCUT2D eigenvalue weighted by molar-refractivity contribution is 5.74. The lowest BCUT2D eigenvalue weighted by Gasteiger charge is -2.44. The summed E-state index contributed by atoms with van der Waals surface area (Å²) in [5.41, 5.74) is 0. The zero-order valence-corrected chi connectivity index (χ0v) is 14.6. The van der Waals surface area contributed by atoms with Gasteiger partial charge in [0.2, 0.25) is 0 Å². The normalized spacial score (nSPS) is 22.6. The Morgan fingerprint density at radius 3 is 2.92 bits per heavy atom. The minimum atomic E-state index is -0.0419. The molecule has 1 atom stereocenters. The molecule has 0 bridgehead atoms. The van der Waals surface area contributed by atoms with Gasteiger partial charge in [0.05, 0.1) is 6.54 Å². The van der Waals surface area contributed by atoms with E-state index in [1.165, 1.54) is 6.33 Å². The van der Waals surface area contributed by atoms with Crippen molar-refractivity contribution in [3.63, 3.8) is 0 Å². The summed E-state index contributed by atoms with van der Waals surface area (Å²) in [5, 5.41) is 15.6. The summed E-state index contributed by atoms with van der Waals surface area (Å²) < 4.78 is 7.00. The van der Waals surface area contributed by atoms with Crippen molar-refractivity contribution < 1.29 is 9.53 Å². The third-order valence-electron chi connectivity index (χ3n) is 4.88. The molecule has 136 valence electrons. The minimum absolute atomic E-state index is 0.0419. The van der Waals surface area contributed by atoms with E-state index in [9.17, 15) is 4.79 Å². The molecule has 0 saturated carbocycles. The van der Waals surface area contributed by atoms with Crippen LogP contribution in [0.15, 0.2) is 6.33 Å². The van der Waals surface area contributed by atoms with Gasteiger partial charge in [-0.25, -0.2) is 14.5 Å². The van der Waals surface area contributed by atoms with E-state index in [4.69, 9.17) is 10.00 Å². The van der Waals surface area contributed by atoms with Gasteiger partial charge in [-0.2, -0.15) is 5.26 Å². The van der Waals surface area contributed by atoms with Crippen LogP contribution >= 0.6 is 0 Å². The SMILES string of the molecule is C[C@@H]1CN(C2CCOCC2)CCN1C(=O)NCCn1cnc(C#N)n1. The lowest BCUT2D eigenvalue weighted by Crippen LogP contribution is -2.59. The minimum Gasteiger partial charge on any atom is -0.381 e. The second-order valence-electron chi connectivity index (χ2n) is 6.56. The number of aromatic nitrogens is 3. The molecule has 2 aliphatic heterocycles. The predicted molar refractivity (Wildman–Crippen MR) is 89.7 cm³/mol. The Labute approximate surface area is 147 Å². The molecule has 0 spiro atoms. The highest BCUT2D eigenvalue weighted by Gasteiger charge is 2.31. The summed E-state index contributed by atoms with van der Waals surface area (Å²) in [5.74, 6) is 0.143. The maximum atomic E-state index is 12.4. The smallest absolute Gasteiger partial charge is 0.317 e. The predicted octanol–water partition coefficient (Wildman–Crippen LogP) is 0.0445. The van der Waals surface area contributed by atoms with Crippen molar-refractivity contribution in [3.8, 4) is 6.07 Å². The van der Waals surface area contributed by atoms with Crippen molar-refractivity contribution in [1.29, 1.82) is 5.26 Å². The van der Waals surface area contributed by atoms with E-state index in [0.717, 1.165) is 45.7 Å². The highest BCUT2D eigenvalue weighted by Crippen LogP contribution is 2.19. The number of piperazine rings is 1. The van der Waals surface area contributed by atoms with E-state index in [1.807, 2.05) is 11.0 Å². The van der Waals surface area contributed by atoms with Crippen LogP contribution in [0.1, 0.15) is 25.6 Å². The zero-order valence-electron chi connectivity index (χ0n) is 14.6. The quantitative estimate of drug-likeness (QED) is 0.826. The lowest BCUT2D eigenvalue weighted by molar-refractivity contribution is 0.00702. The lowest BCUT2D eigenvalue weighted by atomic mass is 10.0. The fourth-order valence-electron chi connectivity index (χ4n) is 3.50. The number of rotatable bonds is 4. The monoisotopic (exact) mass is 347 g/mol. The Morgan fingerprint density at radius 2 is 2.24 bits per heavy atom. The van der Waals surface area contributed by atoms with Gasteiger partial charge in [0.25, 0.3) is 5.82 Å². The van der Waals surface area contributed by atoms with Crippen LogP contribution in [0.2, 0.25) is 0 Å². The number of hydrogen-bond donors (Lipinski definition) is 1. The van der Waals surface area contributed by atoms with Crippen LogP contribution in [0.4, 0.5) is 4.79 Å². The van der Waals surface area contributed by atoms with Crippen molar-refractivity contribution >= 4 is 6.03 Å². The Hall–Kier alpha value is -2.18. The van der Waals surface area contributed by atoms with Crippen molar-refractivity contribution in [2.24, 2.45) is 0 Å². The molecule has 2 fully saturated rings. The summed E-state index contributed by atoms with van der Waals surface area (Å²) in [6.07, 6.45) is 3.67. The van der Waals surface area contributed by atoms with Crippen LogP contribution in [0.3, 0.4) is 0 Å². The summed E-state index contributed by atoms with van der Waals surface area (Å²) >= 11 is 0. The topological polar surface area (TPSA) is 99.3 Å². The zero-order chi connectivity index (χ0) is 17.6. The number of nitriles is 1. The van der Waals surface area contributed by atoms with Crippen LogP contribution in [0, 0.1) is 11.3 Å². The van der Waals surface area contributed by atoms with Crippen LogP contribution in [0.5, 0.6) is 0 Å². The molecule has 1 N–H and O–H groups in total. The molecule has 25 heavy (non-hydrogen) atoms. The molecule has 1 aromatic rings. The highest BCUT2D eigenvalue weighted by atomic mass is 16.5. The molecular weight excluding hydrogens is 322 g/mol. The maximum absolute atomic E-state index is 12.4. The molecule has 3 rings (SSSR count). The fourth-order valence-corrected chi connectivity index (χ4v) is 3.50. The van der Waals surface area contributed by atoms with Gasteiger partial charge in [0.15, 0.2) is 0 Å². The first kappa shape index (κ1) is 17.6. The summed E-state index contributed by atoms with van der Waals surface area (Å²) in [6, 6.07) is 2.62. The summed E-state index contributed by atoms with van der Waals surface area (Å²) in [7, 11) is 0. The number of hydrogen-bond acceptors (Lipinski definition) is 6. The Balaban J connectivity index is 1.42. The van der Waals surface area contributed by atoms with Gasteiger partial charge in [-0.1, -0.05) is 0 Å². The van der Waals surface area contributed by atoms with Crippen LogP contribution < -0.4 is 5.32 Å². The van der Waals surface area contributed by atoms with Gasteiger partial charge in [0, 0.05) is 51.5 Å². The molecule has 2 amide bonds. The van der Waals surface area contributed by atoms with Crippen molar-refractivity contribution in [2.45, 2.75) is 38.4 Å². The number of urea groups is 1. The fraction of sp³-hybridized carbons (Fsp3) is 0.750. The molecule has 0 aliphatic carbocycles. The number of nitrogens with one attached hydrogen (secondary N) is 1. The Bertz CT molecular complexity index is 620. The molecule has 0 unspecified atom stereocenters. The maximum Gasteiger partial charge on any atom is 0.317 e. The van der Waals surface area contributed by atoms with Gasteiger partial charge in [-0.15, -0.1) is 5.10 Å². The second kappa shape index (κ2) is 8.27. The summed E-state index contributed by atoms with van der Waals surface area (Å²) in [6.45, 7) is 7.31. The second-order valence-corrected chi connectivity index (χ2v) is 6.56. The standard InChI is InChI=1S/C16H25N7O2/c1-13-11-21(14-2-8-25-9-3-14)6-7-23(13)16(24)18-4-5-22-12-19-15(10-17)20-22/h12-14H,2-9,11H2,1H3,(H,18,24)/t13-/m1/s1. The molecular formula is C16H25N7O2. The molecule has 9 nitrogen and oxygen atoms in total. The molecule has 2 aliphatic rings. The molecule has 1 aromatic heterocycles. The van der Waals surface area contributed by atoms with Crippen molar-refractivity contribution in [1.82, 2.24) is 29.9 Å². The largest absolute Gasteiger partial charge is 0.381 e. The van der Waals surface area contributed by atoms with Crippen LogP contribution in [0.25, 0.3) is 0 Å². The van der Waals surface area contributed by atoms with Gasteiger partial charge in [0.1, 0.15) is 12.4 Å². The van der Waals surface area contributed by atoms with Crippen molar-refractivity contribution in [3.05, 3.63) is 12.2 Å². The van der Waals surface area contributed by atoms with Gasteiger partial charge in [-0.05, 0) is 19.8 Å². The third kappa shape index (κ3) is 4.46. The Morgan fingerprint density at radius 1 is 1.44 bits per heavy atom. The van der Waals surface area contributed by atoms with E-state index < -0.39 is 0 Å². The van der Waals surface area contributed by atoms with Crippen LogP contribution in [-0.4, -0.2) is 82.1 Å². The third-order valence-corrected chi connectivity index (χ3v) is 4.88. The van der Waals surface area contributed by atoms with Crippen molar-refractivity contribution in [2.75, 3.05) is 39.4 Å². The average molecular weight is 347 g/mol. The first-order valence-corrected chi connectivity index (χ1v) is 8.83. The van der Waals surface area contributed by atoms with E-state index in [2.05, 4.69) is 27.2 Å². The van der Waals surface area contributed by atoms with E-state index in [-0.39, 0.29) is 17.9 Å². The first-order chi connectivity index (χ1) is 12.2. The molecule has 3 heterocycles. The number of amides is 2. The van der Waals surface area contributed by atoms with E-state index in [0.29, 0.717) is 19.1 Å². The molecule has 9 heteroatoms. The van der Waals surface area contributed by atoms with Gasteiger partial charge < -0.3 is 15.0 Å². The van der Waals surface area contributed by atoms with Crippen LogP contribution in [-0.2, 0) is 11.3 Å². The van der Waals surface area contributed by atoms with E-state index >= 15 is 0 Å². The number of carbonyl (C=O) groups is 1. The van der Waals surface area contributed by atoms with Gasteiger partial charge in [-0.3, -0.25) is 4.90 Å². The first-order valence-electron chi connectivity index (χ1n) is 8.83. The molecule has 0 aromatic carbocycles. The number of nitrogens with zero attached hydrogens (tertiary/aromatic N) is 6.